The predicted octanol–water partition coefficient (Wildman–Crippen LogP) is 1.80. The van der Waals surface area contributed by atoms with Crippen LogP contribution < -0.4 is 5.73 Å². The highest BCUT2D eigenvalue weighted by Crippen LogP contribution is 2.12. The first-order valence-electron chi connectivity index (χ1n) is 4.82. The third-order valence-corrected chi connectivity index (χ3v) is 2.95. The third-order valence-electron chi connectivity index (χ3n) is 2.48. The van der Waals surface area contributed by atoms with Gasteiger partial charge in [-0.05, 0) is 34.5 Å². The Morgan fingerprint density at radius 3 is 2.87 bits per heavy atom. The summed E-state index contributed by atoms with van der Waals surface area (Å²) in [5.41, 5.74) is 6.95. The number of rotatable bonds is 2. The van der Waals surface area contributed by atoms with E-state index in [4.69, 9.17) is 5.73 Å². The van der Waals surface area contributed by atoms with Gasteiger partial charge in [0.2, 0.25) is 0 Å². The molecule has 0 amide bonds. The molecule has 0 aliphatic carbocycles. The first kappa shape index (κ1) is 12.9. The van der Waals surface area contributed by atoms with Crippen LogP contribution in [0.1, 0.15) is 12.1 Å². The molecule has 0 unspecified atom stereocenters. The fourth-order valence-corrected chi connectivity index (χ4v) is 1.97. The van der Waals surface area contributed by atoms with Crippen LogP contribution in [0.2, 0.25) is 0 Å². The Bertz CT molecular complexity index is 304. The van der Waals surface area contributed by atoms with E-state index in [1.165, 1.54) is 0 Å². The van der Waals surface area contributed by atoms with Crippen molar-refractivity contribution in [3.05, 3.63) is 28.5 Å². The summed E-state index contributed by atoms with van der Waals surface area (Å²) in [5, 5.41) is 0. The maximum atomic E-state index is 5.83. The standard InChI is InChI=1S/C10H14BrN3.ClH/c11-8-1-2-10(13-5-8)7-14-4-3-9(12)6-14;/h1-2,5,9H,3-4,6-7,12H2;1H/t9-;/m1./s1. The molecule has 1 atom stereocenters. The molecule has 15 heavy (non-hydrogen) atoms. The molecule has 1 aliphatic rings. The molecular weight excluding hydrogens is 277 g/mol. The highest BCUT2D eigenvalue weighted by molar-refractivity contribution is 9.10. The Morgan fingerprint density at radius 1 is 1.53 bits per heavy atom. The van der Waals surface area contributed by atoms with Gasteiger partial charge >= 0.3 is 0 Å². The van der Waals surface area contributed by atoms with Crippen LogP contribution in [0.4, 0.5) is 0 Å². The number of hydrogen-bond donors (Lipinski definition) is 1. The molecule has 0 bridgehead atoms. The SMILES string of the molecule is Cl.N[C@@H]1CCN(Cc2ccc(Br)cn2)C1. The summed E-state index contributed by atoms with van der Waals surface area (Å²) in [7, 11) is 0. The van der Waals surface area contributed by atoms with Crippen LogP contribution in [0.25, 0.3) is 0 Å². The first-order valence-corrected chi connectivity index (χ1v) is 5.62. The van der Waals surface area contributed by atoms with Crippen LogP contribution in [0.3, 0.4) is 0 Å². The van der Waals surface area contributed by atoms with Crippen LogP contribution in [0, 0.1) is 0 Å². The molecule has 0 aromatic carbocycles. The number of hydrogen-bond acceptors (Lipinski definition) is 3. The Balaban J connectivity index is 0.00000112. The van der Waals surface area contributed by atoms with Crippen molar-refractivity contribution >= 4 is 28.3 Å². The molecule has 2 heterocycles. The van der Waals surface area contributed by atoms with Crippen LogP contribution >= 0.6 is 28.3 Å². The van der Waals surface area contributed by atoms with Gasteiger partial charge in [-0.2, -0.15) is 0 Å². The van der Waals surface area contributed by atoms with Crippen molar-refractivity contribution in [2.45, 2.75) is 19.0 Å². The van der Waals surface area contributed by atoms with Crippen LogP contribution in [0.15, 0.2) is 22.8 Å². The minimum atomic E-state index is 0. The van der Waals surface area contributed by atoms with E-state index in [1.807, 2.05) is 18.3 Å². The van der Waals surface area contributed by atoms with Crippen molar-refractivity contribution in [2.75, 3.05) is 13.1 Å². The van der Waals surface area contributed by atoms with E-state index in [9.17, 15) is 0 Å². The van der Waals surface area contributed by atoms with Gasteiger partial charge in [-0.1, -0.05) is 0 Å². The van der Waals surface area contributed by atoms with Gasteiger partial charge in [-0.25, -0.2) is 0 Å². The predicted molar refractivity (Wildman–Crippen MR) is 67.1 cm³/mol. The van der Waals surface area contributed by atoms with Gasteiger partial charge in [0.1, 0.15) is 0 Å². The number of halogens is 2. The average Bonchev–Trinajstić information content (AvgIpc) is 2.56. The zero-order valence-corrected chi connectivity index (χ0v) is 10.8. The second-order valence-electron chi connectivity index (χ2n) is 3.75. The lowest BCUT2D eigenvalue weighted by Gasteiger charge is -2.14. The molecule has 1 fully saturated rings. The molecule has 1 saturated heterocycles. The smallest absolute Gasteiger partial charge is 0.0544 e. The number of aromatic nitrogens is 1. The van der Waals surface area contributed by atoms with Crippen molar-refractivity contribution in [1.29, 1.82) is 0 Å². The first-order chi connectivity index (χ1) is 6.74. The number of nitrogens with zero attached hydrogens (tertiary/aromatic N) is 2. The summed E-state index contributed by atoms with van der Waals surface area (Å²) in [5.74, 6) is 0. The summed E-state index contributed by atoms with van der Waals surface area (Å²) in [6.45, 7) is 3.01. The van der Waals surface area contributed by atoms with Crippen molar-refractivity contribution in [2.24, 2.45) is 5.73 Å². The number of likely N-dealkylation sites (tertiary alicyclic amines) is 1. The van der Waals surface area contributed by atoms with E-state index in [2.05, 4.69) is 25.8 Å². The number of pyridine rings is 1. The highest BCUT2D eigenvalue weighted by atomic mass is 79.9. The van der Waals surface area contributed by atoms with Gasteiger partial charge in [0.25, 0.3) is 0 Å². The fourth-order valence-electron chi connectivity index (χ4n) is 1.74. The fraction of sp³-hybridized carbons (Fsp3) is 0.500. The molecular formula is C10H15BrClN3. The lowest BCUT2D eigenvalue weighted by molar-refractivity contribution is 0.323. The molecule has 0 radical (unpaired) electrons. The maximum Gasteiger partial charge on any atom is 0.0544 e. The Labute approximate surface area is 105 Å². The quantitative estimate of drug-likeness (QED) is 0.904. The zero-order valence-electron chi connectivity index (χ0n) is 8.40. The minimum Gasteiger partial charge on any atom is -0.326 e. The van der Waals surface area contributed by atoms with Crippen molar-refractivity contribution in [3.8, 4) is 0 Å². The molecule has 0 spiro atoms. The molecule has 3 nitrogen and oxygen atoms in total. The van der Waals surface area contributed by atoms with Crippen molar-refractivity contribution in [3.63, 3.8) is 0 Å². The van der Waals surface area contributed by atoms with E-state index >= 15 is 0 Å². The van der Waals surface area contributed by atoms with Crippen LogP contribution in [0.5, 0.6) is 0 Å². The summed E-state index contributed by atoms with van der Waals surface area (Å²) in [6, 6.07) is 4.43. The monoisotopic (exact) mass is 291 g/mol. The normalized spacial score (nSPS) is 21.3. The topological polar surface area (TPSA) is 42.1 Å². The van der Waals surface area contributed by atoms with Gasteiger partial charge < -0.3 is 5.73 Å². The van der Waals surface area contributed by atoms with Crippen molar-refractivity contribution in [1.82, 2.24) is 9.88 Å². The van der Waals surface area contributed by atoms with Gasteiger partial charge in [0, 0.05) is 36.3 Å². The number of nitrogens with two attached hydrogens (primary N) is 1. The summed E-state index contributed by atoms with van der Waals surface area (Å²) in [4.78, 5) is 6.69. The molecule has 2 rings (SSSR count). The van der Waals surface area contributed by atoms with E-state index in [0.29, 0.717) is 6.04 Å². The van der Waals surface area contributed by atoms with Crippen molar-refractivity contribution < 1.29 is 0 Å². The Morgan fingerprint density at radius 2 is 2.33 bits per heavy atom. The zero-order chi connectivity index (χ0) is 9.97. The summed E-state index contributed by atoms with van der Waals surface area (Å²) in [6.07, 6.45) is 2.95. The lowest BCUT2D eigenvalue weighted by Crippen LogP contribution is -2.26. The van der Waals surface area contributed by atoms with Gasteiger partial charge in [-0.15, -0.1) is 12.4 Å². The summed E-state index contributed by atoms with van der Waals surface area (Å²) < 4.78 is 1.03. The van der Waals surface area contributed by atoms with E-state index < -0.39 is 0 Å². The van der Waals surface area contributed by atoms with E-state index in [0.717, 1.165) is 36.2 Å². The van der Waals surface area contributed by atoms with E-state index in [-0.39, 0.29) is 12.4 Å². The van der Waals surface area contributed by atoms with Gasteiger partial charge in [-0.3, -0.25) is 9.88 Å². The molecule has 2 N–H and O–H groups in total. The van der Waals surface area contributed by atoms with Crippen LogP contribution in [-0.4, -0.2) is 29.0 Å². The second kappa shape index (κ2) is 5.80. The Kier molecular flexibility index (Phi) is 4.99. The lowest BCUT2D eigenvalue weighted by atomic mass is 10.3. The van der Waals surface area contributed by atoms with E-state index in [1.54, 1.807) is 0 Å². The third kappa shape index (κ3) is 3.72. The van der Waals surface area contributed by atoms with Gasteiger partial charge in [0.15, 0.2) is 0 Å². The molecule has 1 aromatic heterocycles. The molecule has 5 heteroatoms. The minimum absolute atomic E-state index is 0. The Hall–Kier alpha value is -0.160. The second-order valence-corrected chi connectivity index (χ2v) is 4.67. The largest absolute Gasteiger partial charge is 0.326 e. The summed E-state index contributed by atoms with van der Waals surface area (Å²) >= 11 is 3.37. The molecule has 1 aromatic rings. The average molecular weight is 293 g/mol. The molecule has 84 valence electrons. The highest BCUT2D eigenvalue weighted by Gasteiger charge is 2.18. The van der Waals surface area contributed by atoms with Crippen LogP contribution in [-0.2, 0) is 6.54 Å². The molecule has 0 saturated carbocycles. The maximum absolute atomic E-state index is 5.83. The van der Waals surface area contributed by atoms with Gasteiger partial charge in [0.05, 0.1) is 5.69 Å². The molecule has 1 aliphatic heterocycles.